The molecule has 0 bridgehead atoms. The van der Waals surface area contributed by atoms with Crippen LogP contribution in [0.1, 0.15) is 105 Å². The van der Waals surface area contributed by atoms with E-state index in [2.05, 4.69) is 119 Å². The lowest BCUT2D eigenvalue weighted by atomic mass is 9.75. The first-order valence-corrected chi connectivity index (χ1v) is 14.9. The minimum Gasteiger partial charge on any atom is -0.0579 e. The highest BCUT2D eigenvalue weighted by atomic mass is 35.9. The van der Waals surface area contributed by atoms with E-state index in [4.69, 9.17) is 22.5 Å². The van der Waals surface area contributed by atoms with Crippen LogP contribution < -0.4 is 10.6 Å². The zero-order valence-corrected chi connectivity index (χ0v) is 24.1. The van der Waals surface area contributed by atoms with E-state index in [9.17, 15) is 0 Å². The highest BCUT2D eigenvalue weighted by Gasteiger charge is 2.49. The molecule has 2 aromatic rings. The Morgan fingerprint density at radius 2 is 0.774 bits per heavy atom. The van der Waals surface area contributed by atoms with Gasteiger partial charge in [0.1, 0.15) is 33.1 Å². The van der Waals surface area contributed by atoms with E-state index < -0.39 is 5.97 Å². The summed E-state index contributed by atoms with van der Waals surface area (Å²) in [6.07, 6.45) is 0. The molecule has 0 aliphatic rings. The maximum absolute atomic E-state index is 7.53. The largest absolute Gasteiger partial charge is 0.276 e. The van der Waals surface area contributed by atoms with Crippen molar-refractivity contribution in [2.45, 2.75) is 105 Å². The first-order valence-electron chi connectivity index (χ1n) is 11.3. The normalized spacial score (nSPS) is 14.1. The molecule has 0 radical (unpaired) electrons. The third kappa shape index (κ3) is 5.51. The van der Waals surface area contributed by atoms with Crippen LogP contribution in [0.3, 0.4) is 0 Å². The summed E-state index contributed by atoms with van der Waals surface area (Å²) in [6, 6.07) is 13.1. The van der Waals surface area contributed by atoms with Gasteiger partial charge >= 0.3 is 0 Å². The zero-order valence-electron chi connectivity index (χ0n) is 21.7. The summed E-state index contributed by atoms with van der Waals surface area (Å²) >= 11 is 15.1. The van der Waals surface area contributed by atoms with Crippen molar-refractivity contribution in [1.29, 1.82) is 0 Å². The second-order valence-corrected chi connectivity index (χ2v) is 18.5. The molecule has 0 aliphatic carbocycles. The van der Waals surface area contributed by atoms with Crippen LogP contribution in [0, 0.1) is 0 Å². The fourth-order valence-corrected chi connectivity index (χ4v) is 8.47. The molecule has 3 heteroatoms. The van der Waals surface area contributed by atoms with Crippen LogP contribution in [-0.4, -0.2) is 0 Å². The van der Waals surface area contributed by atoms with E-state index in [-0.39, 0.29) is 21.7 Å². The zero-order chi connectivity index (χ0) is 24.2. The maximum Gasteiger partial charge on any atom is 0.276 e. The SMILES string of the molecule is CC(C)(C)c1cccc([P+](Cl)(Cl)c2cccc(C(C)(C)C)c2C(C)(C)C)c1C(C)(C)C. The van der Waals surface area contributed by atoms with Gasteiger partial charge in [0.15, 0.2) is 0 Å². The van der Waals surface area contributed by atoms with Crippen LogP contribution in [-0.2, 0) is 21.7 Å². The monoisotopic (exact) mass is 479 g/mol. The Morgan fingerprint density at radius 1 is 0.484 bits per heavy atom. The molecule has 172 valence electrons. The molecule has 2 rings (SSSR count). The highest BCUT2D eigenvalue weighted by molar-refractivity contribution is 8.26. The standard InChI is InChI=1S/C28H42Cl2P/c1-25(2,3)19-15-13-17-21(23(19)27(7,8)9)31(29,30)22-18-14-16-20(26(4,5)6)24(22)28(10,11)12/h13-18H,1-12H3/q+1. The average Bonchev–Trinajstić information content (AvgIpc) is 2.57. The lowest BCUT2D eigenvalue weighted by molar-refractivity contribution is 0.532. The Balaban J connectivity index is 3.00. The Kier molecular flexibility index (Phi) is 7.19. The minimum absolute atomic E-state index is 0.00646. The van der Waals surface area contributed by atoms with Crippen LogP contribution in [0.2, 0.25) is 0 Å². The van der Waals surface area contributed by atoms with Gasteiger partial charge in [-0.05, 0) is 44.9 Å². The number of hydrogen-bond acceptors (Lipinski definition) is 0. The molecule has 0 saturated carbocycles. The molecule has 0 heterocycles. The third-order valence-corrected chi connectivity index (χ3v) is 9.95. The molecule has 0 spiro atoms. The third-order valence-electron chi connectivity index (χ3n) is 5.81. The van der Waals surface area contributed by atoms with Gasteiger partial charge in [-0.1, -0.05) is 107 Å². The topological polar surface area (TPSA) is 0 Å². The van der Waals surface area contributed by atoms with Gasteiger partial charge in [0.25, 0.3) is 5.97 Å². The highest BCUT2D eigenvalue weighted by Crippen LogP contribution is 2.69. The second-order valence-electron chi connectivity index (χ2n) is 12.9. The fraction of sp³-hybridized carbons (Fsp3) is 0.571. The molecular formula is C28H42Cl2P+. The number of benzene rings is 2. The minimum atomic E-state index is -2.66. The Bertz CT molecular complexity index is 865. The van der Waals surface area contributed by atoms with Gasteiger partial charge in [0.05, 0.1) is 0 Å². The smallest absolute Gasteiger partial charge is 0.0579 e. The molecule has 0 N–H and O–H groups in total. The number of halogens is 2. The molecule has 0 fully saturated rings. The van der Waals surface area contributed by atoms with Crippen LogP contribution in [0.4, 0.5) is 0 Å². The summed E-state index contributed by atoms with van der Waals surface area (Å²) in [5.41, 5.74) is 5.11. The van der Waals surface area contributed by atoms with Gasteiger partial charge in [0, 0.05) is 11.1 Å². The molecule has 0 aliphatic heterocycles. The van der Waals surface area contributed by atoms with Crippen molar-refractivity contribution in [2.75, 3.05) is 0 Å². The maximum atomic E-state index is 7.53. The number of rotatable bonds is 2. The molecule has 0 amide bonds. The van der Waals surface area contributed by atoms with Crippen LogP contribution in [0.25, 0.3) is 0 Å². The predicted molar refractivity (Wildman–Crippen MR) is 146 cm³/mol. The van der Waals surface area contributed by atoms with Crippen molar-refractivity contribution >= 4 is 39.1 Å². The van der Waals surface area contributed by atoms with E-state index in [1.54, 1.807) is 0 Å². The van der Waals surface area contributed by atoms with Gasteiger partial charge < -0.3 is 0 Å². The van der Waals surface area contributed by atoms with Crippen molar-refractivity contribution in [2.24, 2.45) is 0 Å². The number of hydrogen-bond donors (Lipinski definition) is 0. The van der Waals surface area contributed by atoms with E-state index >= 15 is 0 Å². The molecular weight excluding hydrogens is 438 g/mol. The molecule has 2 aromatic carbocycles. The summed E-state index contributed by atoms with van der Waals surface area (Å²) in [4.78, 5) is 0. The first kappa shape index (κ1) is 26.7. The molecule has 0 saturated heterocycles. The van der Waals surface area contributed by atoms with E-state index in [0.29, 0.717) is 0 Å². The van der Waals surface area contributed by atoms with Crippen LogP contribution in [0.15, 0.2) is 36.4 Å². The summed E-state index contributed by atoms with van der Waals surface area (Å²) in [6.45, 7) is 27.2. The van der Waals surface area contributed by atoms with Gasteiger partial charge in [-0.3, -0.25) is 0 Å². The molecule has 0 nitrogen and oxygen atoms in total. The Hall–Kier alpha value is -0.550. The van der Waals surface area contributed by atoms with E-state index in [0.717, 1.165) is 10.6 Å². The summed E-state index contributed by atoms with van der Waals surface area (Å²) in [7, 11) is 0. The van der Waals surface area contributed by atoms with Gasteiger partial charge in [-0.25, -0.2) is 0 Å². The summed E-state index contributed by atoms with van der Waals surface area (Å²) < 4.78 is 0. The quantitative estimate of drug-likeness (QED) is 0.376. The molecule has 0 unspecified atom stereocenters. The van der Waals surface area contributed by atoms with Crippen LogP contribution >= 0.6 is 28.4 Å². The predicted octanol–water partition coefficient (Wildman–Crippen LogP) is 9.15. The Morgan fingerprint density at radius 3 is 1.00 bits per heavy atom. The second kappa shape index (κ2) is 8.34. The van der Waals surface area contributed by atoms with Crippen molar-refractivity contribution < 1.29 is 0 Å². The molecule has 31 heavy (non-hydrogen) atoms. The van der Waals surface area contributed by atoms with Gasteiger partial charge in [-0.15, -0.1) is 0 Å². The summed E-state index contributed by atoms with van der Waals surface area (Å²) in [5.74, 6) is -2.66. The summed E-state index contributed by atoms with van der Waals surface area (Å²) in [5, 5.41) is 2.21. The van der Waals surface area contributed by atoms with Crippen molar-refractivity contribution in [1.82, 2.24) is 0 Å². The average molecular weight is 481 g/mol. The van der Waals surface area contributed by atoms with Crippen molar-refractivity contribution in [3.63, 3.8) is 0 Å². The lowest BCUT2D eigenvalue weighted by Crippen LogP contribution is -2.35. The van der Waals surface area contributed by atoms with Gasteiger partial charge in [-0.2, -0.15) is 0 Å². The van der Waals surface area contributed by atoms with Gasteiger partial charge in [0.2, 0.25) is 0 Å². The van der Waals surface area contributed by atoms with Crippen molar-refractivity contribution in [3.8, 4) is 0 Å². The Labute approximate surface area is 202 Å². The van der Waals surface area contributed by atoms with Crippen molar-refractivity contribution in [3.05, 3.63) is 58.7 Å². The fourth-order valence-electron chi connectivity index (χ4n) is 4.50. The van der Waals surface area contributed by atoms with E-state index in [1.165, 1.54) is 22.3 Å². The first-order chi connectivity index (χ1) is 13.7. The molecule has 0 aromatic heterocycles. The lowest BCUT2D eigenvalue weighted by Gasteiger charge is -2.34. The molecule has 0 atom stereocenters. The van der Waals surface area contributed by atoms with E-state index in [1.807, 2.05) is 0 Å². The van der Waals surface area contributed by atoms with Crippen LogP contribution in [0.5, 0.6) is 0 Å².